The zero-order valence-electron chi connectivity index (χ0n) is 14.1. The highest BCUT2D eigenvalue weighted by Gasteiger charge is 2.31. The Labute approximate surface area is 140 Å². The average molecular weight is 337 g/mol. The van der Waals surface area contributed by atoms with Crippen LogP contribution in [0.4, 0.5) is 13.2 Å². The fourth-order valence-corrected chi connectivity index (χ4v) is 2.36. The van der Waals surface area contributed by atoms with Crippen molar-refractivity contribution in [2.75, 3.05) is 27.2 Å². The summed E-state index contributed by atoms with van der Waals surface area (Å²) in [6.45, 7) is 3.10. The fourth-order valence-electron chi connectivity index (χ4n) is 2.36. The van der Waals surface area contributed by atoms with Gasteiger partial charge in [0.1, 0.15) is 6.10 Å². The van der Waals surface area contributed by atoms with Crippen molar-refractivity contribution in [2.24, 2.45) is 0 Å². The van der Waals surface area contributed by atoms with Gasteiger partial charge < -0.3 is 9.64 Å². The second-order valence-electron chi connectivity index (χ2n) is 6.09. The maximum absolute atomic E-state index is 13.0. The van der Waals surface area contributed by atoms with Crippen LogP contribution < -0.4 is 0 Å². The number of hydrogen-bond donors (Lipinski definition) is 0. The van der Waals surface area contributed by atoms with Crippen LogP contribution in [0, 0.1) is 6.92 Å². The van der Waals surface area contributed by atoms with Crippen LogP contribution in [0.15, 0.2) is 48.5 Å². The number of nitrogens with zero attached hydrogens (tertiary/aromatic N) is 1. The van der Waals surface area contributed by atoms with Crippen LogP contribution in [-0.4, -0.2) is 32.1 Å². The van der Waals surface area contributed by atoms with E-state index in [0.717, 1.165) is 17.2 Å². The van der Waals surface area contributed by atoms with Gasteiger partial charge >= 0.3 is 6.18 Å². The zero-order valence-corrected chi connectivity index (χ0v) is 14.1. The van der Waals surface area contributed by atoms with Crippen LogP contribution in [-0.2, 0) is 10.9 Å². The van der Waals surface area contributed by atoms with Gasteiger partial charge in [0.25, 0.3) is 0 Å². The minimum absolute atomic E-state index is 0.432. The molecule has 0 aliphatic carbocycles. The Hall–Kier alpha value is -1.85. The highest BCUT2D eigenvalue weighted by molar-refractivity contribution is 5.35. The van der Waals surface area contributed by atoms with E-state index >= 15 is 0 Å². The lowest BCUT2D eigenvalue weighted by Gasteiger charge is -2.21. The quantitative estimate of drug-likeness (QED) is 0.759. The molecule has 24 heavy (non-hydrogen) atoms. The maximum Gasteiger partial charge on any atom is 0.416 e. The van der Waals surface area contributed by atoms with Gasteiger partial charge in [-0.2, -0.15) is 13.2 Å². The van der Waals surface area contributed by atoms with Crippen LogP contribution in [0.2, 0.25) is 0 Å². The van der Waals surface area contributed by atoms with E-state index in [0.29, 0.717) is 18.7 Å². The highest BCUT2D eigenvalue weighted by Crippen LogP contribution is 2.33. The summed E-state index contributed by atoms with van der Waals surface area (Å²) in [5, 5.41) is 0. The van der Waals surface area contributed by atoms with Crippen molar-refractivity contribution in [3.05, 3.63) is 70.8 Å². The van der Waals surface area contributed by atoms with Gasteiger partial charge in [0, 0.05) is 6.54 Å². The summed E-state index contributed by atoms with van der Waals surface area (Å²) in [6, 6.07) is 13.0. The third-order valence-corrected chi connectivity index (χ3v) is 3.72. The number of likely N-dealkylation sites (N-methyl/N-ethyl adjacent to an activating group) is 1. The molecule has 130 valence electrons. The molecule has 0 amide bonds. The smallest absolute Gasteiger partial charge is 0.367 e. The number of halogens is 3. The van der Waals surface area contributed by atoms with Crippen molar-refractivity contribution in [3.63, 3.8) is 0 Å². The Morgan fingerprint density at radius 3 is 2.25 bits per heavy atom. The molecular weight excluding hydrogens is 315 g/mol. The number of alkyl halides is 3. The number of hydrogen-bond acceptors (Lipinski definition) is 2. The molecule has 0 heterocycles. The molecule has 2 nitrogen and oxygen atoms in total. The number of aryl methyl sites for hydroxylation is 1. The summed E-state index contributed by atoms with van der Waals surface area (Å²) < 4.78 is 44.9. The van der Waals surface area contributed by atoms with Crippen molar-refractivity contribution in [1.82, 2.24) is 4.90 Å². The molecule has 0 saturated carbocycles. The van der Waals surface area contributed by atoms with Crippen molar-refractivity contribution >= 4 is 0 Å². The molecule has 0 saturated heterocycles. The first kappa shape index (κ1) is 18.5. The van der Waals surface area contributed by atoms with Crippen molar-refractivity contribution in [2.45, 2.75) is 19.2 Å². The van der Waals surface area contributed by atoms with Crippen LogP contribution in [0.5, 0.6) is 0 Å². The van der Waals surface area contributed by atoms with Gasteiger partial charge in [0.2, 0.25) is 0 Å². The van der Waals surface area contributed by atoms with E-state index in [1.807, 2.05) is 50.2 Å². The molecule has 0 N–H and O–H groups in total. The fraction of sp³-hybridized carbons (Fsp3) is 0.368. The Balaban J connectivity index is 2.32. The van der Waals surface area contributed by atoms with Gasteiger partial charge in [-0.1, -0.05) is 42.0 Å². The van der Waals surface area contributed by atoms with Gasteiger partial charge in [0.15, 0.2) is 0 Å². The Kier molecular flexibility index (Phi) is 6.02. The van der Waals surface area contributed by atoms with E-state index < -0.39 is 17.8 Å². The molecule has 5 heteroatoms. The maximum atomic E-state index is 13.0. The van der Waals surface area contributed by atoms with Crippen LogP contribution in [0.1, 0.15) is 28.4 Å². The second-order valence-corrected chi connectivity index (χ2v) is 6.09. The molecule has 0 spiro atoms. The summed E-state index contributed by atoms with van der Waals surface area (Å²) in [6.07, 6.45) is -4.88. The largest absolute Gasteiger partial charge is 0.416 e. The van der Waals surface area contributed by atoms with Crippen molar-refractivity contribution in [1.29, 1.82) is 0 Å². The second kappa shape index (κ2) is 7.81. The molecule has 2 rings (SSSR count). The number of benzene rings is 2. The minimum atomic E-state index is -4.36. The summed E-state index contributed by atoms with van der Waals surface area (Å²) in [5.41, 5.74) is 1.79. The first-order valence-electron chi connectivity index (χ1n) is 7.77. The van der Waals surface area contributed by atoms with Crippen LogP contribution >= 0.6 is 0 Å². The number of rotatable bonds is 6. The summed E-state index contributed by atoms with van der Waals surface area (Å²) in [4.78, 5) is 1.97. The lowest BCUT2D eigenvalue weighted by Crippen LogP contribution is -2.20. The van der Waals surface area contributed by atoms with E-state index in [4.69, 9.17) is 4.74 Å². The molecule has 0 fully saturated rings. The van der Waals surface area contributed by atoms with Crippen molar-refractivity contribution in [3.8, 4) is 0 Å². The summed E-state index contributed by atoms with van der Waals surface area (Å²) >= 11 is 0. The third kappa shape index (κ3) is 5.08. The molecule has 0 radical (unpaired) electrons. The zero-order chi connectivity index (χ0) is 17.7. The summed E-state index contributed by atoms with van der Waals surface area (Å²) in [7, 11) is 3.85. The molecule has 2 aromatic rings. The molecule has 2 aromatic carbocycles. The Morgan fingerprint density at radius 1 is 1.00 bits per heavy atom. The number of ether oxygens (including phenoxy) is 1. The molecule has 0 aromatic heterocycles. The SMILES string of the molecule is Cc1ccc([C@H](OCCN(C)C)c2cccc(C(F)(F)F)c2)cc1. The third-order valence-electron chi connectivity index (χ3n) is 3.72. The predicted molar refractivity (Wildman–Crippen MR) is 89.0 cm³/mol. The lowest BCUT2D eigenvalue weighted by molar-refractivity contribution is -0.137. The van der Waals surface area contributed by atoms with Gasteiger partial charge in [-0.05, 0) is 44.3 Å². The van der Waals surface area contributed by atoms with Gasteiger partial charge in [-0.3, -0.25) is 0 Å². The van der Waals surface area contributed by atoms with E-state index in [9.17, 15) is 13.2 Å². The molecule has 1 atom stereocenters. The highest BCUT2D eigenvalue weighted by atomic mass is 19.4. The normalized spacial score (nSPS) is 13.3. The molecule has 0 unspecified atom stereocenters. The molecule has 0 bridgehead atoms. The lowest BCUT2D eigenvalue weighted by atomic mass is 9.98. The Bertz CT molecular complexity index is 650. The van der Waals surface area contributed by atoms with E-state index in [1.165, 1.54) is 12.1 Å². The molecular formula is C19H22F3NO. The molecule has 0 aliphatic rings. The standard InChI is InChI=1S/C19H22F3NO/c1-14-7-9-15(10-8-14)18(24-12-11-23(2)3)16-5-4-6-17(13-16)19(20,21)22/h4-10,13,18H,11-12H2,1-3H3/t18-/m0/s1. The van der Waals surface area contributed by atoms with Gasteiger partial charge in [-0.15, -0.1) is 0 Å². The first-order valence-corrected chi connectivity index (χ1v) is 7.77. The van der Waals surface area contributed by atoms with E-state index in [1.54, 1.807) is 6.07 Å². The Morgan fingerprint density at radius 2 is 1.67 bits per heavy atom. The van der Waals surface area contributed by atoms with E-state index in [2.05, 4.69) is 0 Å². The monoisotopic (exact) mass is 337 g/mol. The topological polar surface area (TPSA) is 12.5 Å². The molecule has 0 aliphatic heterocycles. The summed E-state index contributed by atoms with van der Waals surface area (Å²) in [5.74, 6) is 0. The average Bonchev–Trinajstić information content (AvgIpc) is 2.52. The van der Waals surface area contributed by atoms with Gasteiger partial charge in [-0.25, -0.2) is 0 Å². The van der Waals surface area contributed by atoms with Crippen LogP contribution in [0.3, 0.4) is 0 Å². The van der Waals surface area contributed by atoms with Crippen LogP contribution in [0.25, 0.3) is 0 Å². The van der Waals surface area contributed by atoms with Gasteiger partial charge in [0.05, 0.1) is 12.2 Å². The minimum Gasteiger partial charge on any atom is -0.367 e. The van der Waals surface area contributed by atoms with Crippen molar-refractivity contribution < 1.29 is 17.9 Å². The van der Waals surface area contributed by atoms with E-state index in [-0.39, 0.29) is 0 Å². The predicted octanol–water partition coefficient (Wildman–Crippen LogP) is 4.68. The first-order chi connectivity index (χ1) is 11.3.